The molecule has 0 bridgehead atoms. The van der Waals surface area contributed by atoms with E-state index in [1.165, 1.54) is 0 Å². The van der Waals surface area contributed by atoms with Gasteiger partial charge in [0.1, 0.15) is 0 Å². The Kier molecular flexibility index (Phi) is 2.57. The molecule has 0 unspecified atom stereocenters. The lowest BCUT2D eigenvalue weighted by Crippen LogP contribution is -2.04. The largest absolute Gasteiger partial charge is 0.419 e. The molecule has 0 spiro atoms. The number of nitrogens with two attached hydrogens (primary N) is 1. The van der Waals surface area contributed by atoms with Crippen molar-refractivity contribution in [2.45, 2.75) is 13.1 Å². The highest BCUT2D eigenvalue weighted by atomic mass is 19.4. The quantitative estimate of drug-likeness (QED) is 0.780. The van der Waals surface area contributed by atoms with Crippen molar-refractivity contribution in [1.29, 1.82) is 0 Å². The van der Waals surface area contributed by atoms with E-state index in [2.05, 4.69) is 5.10 Å². The van der Waals surface area contributed by atoms with Crippen LogP contribution in [-0.2, 0) is 6.18 Å². The van der Waals surface area contributed by atoms with Crippen molar-refractivity contribution in [2.75, 3.05) is 5.73 Å². The van der Waals surface area contributed by atoms with E-state index in [1.54, 1.807) is 25.1 Å². The number of aromatic nitrogens is 2. The summed E-state index contributed by atoms with van der Waals surface area (Å²) < 4.78 is 38.4. The van der Waals surface area contributed by atoms with Gasteiger partial charge in [-0.15, -0.1) is 0 Å². The summed E-state index contributed by atoms with van der Waals surface area (Å²) in [4.78, 5) is 0. The van der Waals surface area contributed by atoms with Crippen LogP contribution in [-0.4, -0.2) is 9.78 Å². The minimum atomic E-state index is -4.39. The Hall–Kier alpha value is -1.98. The molecule has 1 heterocycles. The van der Waals surface area contributed by atoms with Crippen LogP contribution in [0, 0.1) is 6.92 Å². The normalized spacial score (nSPS) is 11.8. The van der Waals surface area contributed by atoms with E-state index >= 15 is 0 Å². The van der Waals surface area contributed by atoms with E-state index in [0.29, 0.717) is 11.4 Å². The summed E-state index contributed by atoms with van der Waals surface area (Å²) in [5, 5.41) is 3.69. The van der Waals surface area contributed by atoms with Gasteiger partial charge in [0, 0.05) is 6.20 Å². The molecule has 17 heavy (non-hydrogen) atoms. The van der Waals surface area contributed by atoms with Crippen LogP contribution in [0.1, 0.15) is 11.1 Å². The first-order valence-corrected chi connectivity index (χ1v) is 4.87. The van der Waals surface area contributed by atoms with Gasteiger partial charge < -0.3 is 5.73 Å². The Bertz CT molecular complexity index is 523. The second kappa shape index (κ2) is 3.80. The average Bonchev–Trinajstić information content (AvgIpc) is 2.65. The number of halogens is 3. The summed E-state index contributed by atoms with van der Waals surface area (Å²) in [6.07, 6.45) is -2.68. The van der Waals surface area contributed by atoms with Gasteiger partial charge in [-0.05, 0) is 18.6 Å². The zero-order valence-corrected chi connectivity index (χ0v) is 8.99. The highest BCUT2D eigenvalue weighted by molar-refractivity contribution is 5.61. The van der Waals surface area contributed by atoms with Crippen molar-refractivity contribution in [3.05, 3.63) is 41.7 Å². The zero-order chi connectivity index (χ0) is 12.6. The minimum Gasteiger partial charge on any atom is -0.397 e. The first kappa shape index (κ1) is 11.5. The number of anilines is 1. The molecule has 0 radical (unpaired) electrons. The smallest absolute Gasteiger partial charge is 0.397 e. The maximum Gasteiger partial charge on any atom is 0.419 e. The van der Waals surface area contributed by atoms with Crippen molar-refractivity contribution >= 4 is 5.69 Å². The average molecular weight is 241 g/mol. The van der Waals surface area contributed by atoms with Gasteiger partial charge in [0.25, 0.3) is 0 Å². The summed E-state index contributed by atoms with van der Waals surface area (Å²) in [6.45, 7) is 1.76. The SMILES string of the molecule is Cc1cccc(N)c1-n1cc(C(F)(F)F)cn1. The summed E-state index contributed by atoms with van der Waals surface area (Å²) in [7, 11) is 0. The Morgan fingerprint density at radius 2 is 2.00 bits per heavy atom. The third-order valence-corrected chi connectivity index (χ3v) is 2.41. The monoisotopic (exact) mass is 241 g/mol. The molecular formula is C11H10F3N3. The van der Waals surface area contributed by atoms with E-state index in [4.69, 9.17) is 5.73 Å². The number of nitrogen functional groups attached to an aromatic ring is 1. The Morgan fingerprint density at radius 3 is 2.53 bits per heavy atom. The van der Waals surface area contributed by atoms with Crippen molar-refractivity contribution < 1.29 is 13.2 Å². The molecule has 0 saturated heterocycles. The summed E-state index contributed by atoms with van der Waals surface area (Å²) >= 11 is 0. The molecule has 3 nitrogen and oxygen atoms in total. The number of benzene rings is 1. The highest BCUT2D eigenvalue weighted by Gasteiger charge is 2.32. The van der Waals surface area contributed by atoms with Gasteiger partial charge in [-0.2, -0.15) is 18.3 Å². The summed E-state index contributed by atoms with van der Waals surface area (Å²) in [5.41, 5.74) is 6.57. The van der Waals surface area contributed by atoms with E-state index < -0.39 is 11.7 Å². The Balaban J connectivity index is 2.51. The first-order chi connectivity index (χ1) is 7.89. The number of aryl methyl sites for hydroxylation is 1. The molecule has 1 aromatic heterocycles. The molecule has 0 aliphatic rings. The lowest BCUT2D eigenvalue weighted by atomic mass is 10.2. The number of alkyl halides is 3. The van der Waals surface area contributed by atoms with Gasteiger partial charge in [-0.25, -0.2) is 4.68 Å². The number of para-hydroxylation sites is 1. The molecule has 6 heteroatoms. The predicted molar refractivity (Wildman–Crippen MR) is 57.7 cm³/mol. The van der Waals surface area contributed by atoms with E-state index in [-0.39, 0.29) is 0 Å². The van der Waals surface area contributed by atoms with Crippen LogP contribution in [0.3, 0.4) is 0 Å². The lowest BCUT2D eigenvalue weighted by Gasteiger charge is -2.08. The van der Waals surface area contributed by atoms with Crippen LogP contribution in [0.4, 0.5) is 18.9 Å². The third kappa shape index (κ3) is 2.11. The van der Waals surface area contributed by atoms with Gasteiger partial charge >= 0.3 is 6.18 Å². The standard InChI is InChI=1S/C11H10F3N3/c1-7-3-2-4-9(15)10(7)17-6-8(5-16-17)11(12,13)14/h2-6H,15H2,1H3. The highest BCUT2D eigenvalue weighted by Crippen LogP contribution is 2.30. The van der Waals surface area contributed by atoms with Crippen molar-refractivity contribution in [1.82, 2.24) is 9.78 Å². The fourth-order valence-corrected chi connectivity index (χ4v) is 1.59. The van der Waals surface area contributed by atoms with Crippen LogP contribution in [0.25, 0.3) is 5.69 Å². The van der Waals surface area contributed by atoms with Crippen LogP contribution in [0.5, 0.6) is 0 Å². The van der Waals surface area contributed by atoms with E-state index in [0.717, 1.165) is 22.6 Å². The Labute approximate surface area is 95.7 Å². The second-order valence-corrected chi connectivity index (χ2v) is 3.68. The minimum absolute atomic E-state index is 0.391. The molecule has 2 aromatic rings. The lowest BCUT2D eigenvalue weighted by molar-refractivity contribution is -0.137. The summed E-state index contributed by atoms with van der Waals surface area (Å²) in [6, 6.07) is 5.13. The molecular weight excluding hydrogens is 231 g/mol. The number of rotatable bonds is 1. The topological polar surface area (TPSA) is 43.8 Å². The van der Waals surface area contributed by atoms with Crippen LogP contribution >= 0.6 is 0 Å². The molecule has 90 valence electrons. The molecule has 0 saturated carbocycles. The van der Waals surface area contributed by atoms with E-state index in [1.807, 2.05) is 0 Å². The number of hydrogen-bond acceptors (Lipinski definition) is 2. The number of hydrogen-bond donors (Lipinski definition) is 1. The molecule has 0 amide bonds. The fraction of sp³-hybridized carbons (Fsp3) is 0.182. The molecule has 2 N–H and O–H groups in total. The van der Waals surface area contributed by atoms with Crippen molar-refractivity contribution in [3.8, 4) is 5.69 Å². The van der Waals surface area contributed by atoms with Gasteiger partial charge in [0.15, 0.2) is 0 Å². The van der Waals surface area contributed by atoms with Crippen molar-refractivity contribution in [2.24, 2.45) is 0 Å². The molecule has 1 aromatic carbocycles. The predicted octanol–water partition coefficient (Wildman–Crippen LogP) is 2.78. The van der Waals surface area contributed by atoms with Crippen molar-refractivity contribution in [3.63, 3.8) is 0 Å². The summed E-state index contributed by atoms with van der Waals surface area (Å²) in [5.74, 6) is 0. The fourth-order valence-electron chi connectivity index (χ4n) is 1.59. The van der Waals surface area contributed by atoms with Gasteiger partial charge in [0.2, 0.25) is 0 Å². The van der Waals surface area contributed by atoms with Gasteiger partial charge in [-0.3, -0.25) is 0 Å². The second-order valence-electron chi connectivity index (χ2n) is 3.68. The third-order valence-electron chi connectivity index (χ3n) is 2.41. The first-order valence-electron chi connectivity index (χ1n) is 4.87. The maximum atomic E-state index is 12.4. The molecule has 0 aliphatic carbocycles. The molecule has 2 rings (SSSR count). The van der Waals surface area contributed by atoms with E-state index in [9.17, 15) is 13.2 Å². The maximum absolute atomic E-state index is 12.4. The van der Waals surface area contributed by atoms with Crippen LogP contribution in [0.2, 0.25) is 0 Å². The number of nitrogens with zero attached hydrogens (tertiary/aromatic N) is 2. The molecule has 0 atom stereocenters. The molecule has 0 fully saturated rings. The van der Waals surface area contributed by atoms with Crippen LogP contribution < -0.4 is 5.73 Å². The Morgan fingerprint density at radius 1 is 1.29 bits per heavy atom. The zero-order valence-electron chi connectivity index (χ0n) is 8.99. The van der Waals surface area contributed by atoms with Gasteiger partial charge in [0.05, 0.1) is 23.1 Å². The molecule has 0 aliphatic heterocycles. The van der Waals surface area contributed by atoms with Crippen LogP contribution in [0.15, 0.2) is 30.6 Å². The van der Waals surface area contributed by atoms with Gasteiger partial charge in [-0.1, -0.05) is 12.1 Å².